The van der Waals surface area contributed by atoms with E-state index in [2.05, 4.69) is 41.5 Å². The highest BCUT2D eigenvalue weighted by Gasteiger charge is 2.37. The van der Waals surface area contributed by atoms with Crippen LogP contribution < -0.4 is 10.1 Å². The molecule has 0 radical (unpaired) electrons. The molecule has 1 saturated heterocycles. The molecule has 1 aromatic carbocycles. The summed E-state index contributed by atoms with van der Waals surface area (Å²) in [5, 5.41) is 3.42. The van der Waals surface area contributed by atoms with Crippen LogP contribution in [0.5, 0.6) is 5.75 Å². The van der Waals surface area contributed by atoms with Gasteiger partial charge < -0.3 is 15.0 Å². The second kappa shape index (κ2) is 7.99. The number of hydrogen-bond acceptors (Lipinski definition) is 4. The Morgan fingerprint density at radius 2 is 1.93 bits per heavy atom. The number of nitrogens with one attached hydrogen (secondary N) is 1. The second-order valence-corrected chi connectivity index (χ2v) is 7.88. The fraction of sp³-hybridized carbons (Fsp3) is 0.417. The lowest BCUT2D eigenvalue weighted by Gasteiger charge is -2.40. The van der Waals surface area contributed by atoms with Crippen LogP contribution in [0.4, 0.5) is 0 Å². The minimum absolute atomic E-state index is 0.0198. The number of amides is 1. The molecule has 5 heteroatoms. The third kappa shape index (κ3) is 3.79. The Morgan fingerprint density at radius 3 is 2.59 bits per heavy atom. The molecule has 2 aliphatic heterocycles. The Labute approximate surface area is 172 Å². The van der Waals surface area contributed by atoms with Gasteiger partial charge in [-0.15, -0.1) is 0 Å². The summed E-state index contributed by atoms with van der Waals surface area (Å²) in [6, 6.07) is 10.2. The molecule has 1 N–H and O–H groups in total. The van der Waals surface area contributed by atoms with Crippen molar-refractivity contribution in [2.24, 2.45) is 0 Å². The Kier molecular flexibility index (Phi) is 5.41. The average Bonchev–Trinajstić information content (AvgIpc) is 2.75. The van der Waals surface area contributed by atoms with Crippen LogP contribution in [-0.4, -0.2) is 47.6 Å². The van der Waals surface area contributed by atoms with E-state index in [1.54, 1.807) is 4.90 Å². The van der Waals surface area contributed by atoms with E-state index in [0.717, 1.165) is 48.4 Å². The molecular weight excluding hydrogens is 362 g/mol. The maximum atomic E-state index is 12.6. The minimum Gasteiger partial charge on any atom is -0.482 e. The summed E-state index contributed by atoms with van der Waals surface area (Å²) in [4.78, 5) is 18.9. The molecular formula is C24H29N3O2. The number of pyridine rings is 1. The molecule has 0 unspecified atom stereocenters. The molecule has 152 valence electrons. The van der Waals surface area contributed by atoms with Crippen molar-refractivity contribution in [2.45, 2.75) is 39.2 Å². The first-order valence-electron chi connectivity index (χ1n) is 10.5. The number of carbonyl (C=O) groups excluding carboxylic acids is 1. The summed E-state index contributed by atoms with van der Waals surface area (Å²) >= 11 is 0. The van der Waals surface area contributed by atoms with Crippen LogP contribution in [0.1, 0.15) is 53.9 Å². The van der Waals surface area contributed by atoms with E-state index in [1.807, 2.05) is 32.2 Å². The fourth-order valence-corrected chi connectivity index (χ4v) is 4.22. The van der Waals surface area contributed by atoms with Gasteiger partial charge >= 0.3 is 0 Å². The number of hydrogen-bond donors (Lipinski definition) is 1. The molecule has 0 bridgehead atoms. The molecule has 1 fully saturated rings. The summed E-state index contributed by atoms with van der Waals surface area (Å²) in [6.45, 7) is 9.33. The van der Waals surface area contributed by atoms with E-state index in [-0.39, 0.29) is 11.5 Å². The van der Waals surface area contributed by atoms with Crippen LogP contribution in [0.2, 0.25) is 0 Å². The molecule has 1 aromatic heterocycles. The van der Waals surface area contributed by atoms with Crippen molar-refractivity contribution in [1.82, 2.24) is 15.2 Å². The Bertz CT molecular complexity index is 924. The van der Waals surface area contributed by atoms with Gasteiger partial charge in [0.05, 0.1) is 0 Å². The summed E-state index contributed by atoms with van der Waals surface area (Å²) < 4.78 is 6.49. The molecule has 29 heavy (non-hydrogen) atoms. The minimum atomic E-state index is -0.279. The molecule has 2 aromatic rings. The molecule has 2 aliphatic rings. The van der Waals surface area contributed by atoms with Crippen molar-refractivity contribution in [3.8, 4) is 5.75 Å². The molecule has 1 amide bonds. The highest BCUT2D eigenvalue weighted by molar-refractivity contribution is 5.93. The summed E-state index contributed by atoms with van der Waals surface area (Å²) in [5.74, 6) is 0.909. The van der Waals surface area contributed by atoms with Gasteiger partial charge in [0.2, 0.25) is 0 Å². The average molecular weight is 392 g/mol. The Balaban J connectivity index is 1.73. The molecule has 0 saturated carbocycles. The first-order chi connectivity index (χ1) is 14.0. The second-order valence-electron chi connectivity index (χ2n) is 7.88. The molecule has 0 aliphatic carbocycles. The molecule has 1 spiro atoms. The molecule has 3 heterocycles. The van der Waals surface area contributed by atoms with Crippen LogP contribution in [0.15, 0.2) is 42.6 Å². The highest BCUT2D eigenvalue weighted by atomic mass is 16.5. The molecule has 0 atom stereocenters. The van der Waals surface area contributed by atoms with Gasteiger partial charge in [-0.3, -0.25) is 9.78 Å². The zero-order valence-corrected chi connectivity index (χ0v) is 17.5. The zero-order chi connectivity index (χ0) is 20.4. The Morgan fingerprint density at radius 1 is 1.17 bits per heavy atom. The van der Waals surface area contributed by atoms with E-state index in [0.29, 0.717) is 18.8 Å². The normalized spacial score (nSPS) is 17.3. The van der Waals surface area contributed by atoms with Crippen LogP contribution in [0, 0.1) is 6.92 Å². The van der Waals surface area contributed by atoms with Crippen LogP contribution in [0.3, 0.4) is 0 Å². The van der Waals surface area contributed by atoms with E-state index >= 15 is 0 Å². The van der Waals surface area contributed by atoms with Gasteiger partial charge in [0.1, 0.15) is 17.0 Å². The number of aromatic nitrogens is 1. The monoisotopic (exact) mass is 391 g/mol. The van der Waals surface area contributed by atoms with Crippen LogP contribution in [0.25, 0.3) is 5.57 Å². The molecule has 4 rings (SSSR count). The first-order valence-corrected chi connectivity index (χ1v) is 10.5. The van der Waals surface area contributed by atoms with Gasteiger partial charge in [-0.2, -0.15) is 0 Å². The van der Waals surface area contributed by atoms with E-state index in [1.165, 1.54) is 5.56 Å². The predicted molar refractivity (Wildman–Crippen MR) is 115 cm³/mol. The van der Waals surface area contributed by atoms with Crippen molar-refractivity contribution in [3.63, 3.8) is 0 Å². The zero-order valence-electron chi connectivity index (χ0n) is 17.5. The van der Waals surface area contributed by atoms with E-state index in [4.69, 9.17) is 4.74 Å². The van der Waals surface area contributed by atoms with E-state index < -0.39 is 0 Å². The SMILES string of the molecule is CCN(CC)C(=O)c1ccc(C2=CC3(CCNCC3)Oc3ccc(C)cc32)cn1. The lowest BCUT2D eigenvalue weighted by Crippen LogP contribution is -2.46. The summed E-state index contributed by atoms with van der Waals surface area (Å²) in [7, 11) is 0. The van der Waals surface area contributed by atoms with Crippen molar-refractivity contribution < 1.29 is 9.53 Å². The molecule has 5 nitrogen and oxygen atoms in total. The van der Waals surface area contributed by atoms with Crippen LogP contribution in [-0.2, 0) is 0 Å². The number of nitrogens with zero attached hydrogens (tertiary/aromatic N) is 2. The van der Waals surface area contributed by atoms with Gasteiger partial charge in [0.25, 0.3) is 5.91 Å². The predicted octanol–water partition coefficient (Wildman–Crippen LogP) is 3.82. The van der Waals surface area contributed by atoms with Crippen molar-refractivity contribution in [3.05, 3.63) is 65.0 Å². The summed E-state index contributed by atoms with van der Waals surface area (Å²) in [6.07, 6.45) is 5.98. The van der Waals surface area contributed by atoms with Gasteiger partial charge in [-0.1, -0.05) is 17.7 Å². The third-order valence-electron chi connectivity index (χ3n) is 5.94. The lowest BCUT2D eigenvalue weighted by atomic mass is 9.83. The smallest absolute Gasteiger partial charge is 0.272 e. The van der Waals surface area contributed by atoms with Crippen molar-refractivity contribution in [2.75, 3.05) is 26.2 Å². The van der Waals surface area contributed by atoms with Gasteiger partial charge in [-0.05, 0) is 63.7 Å². The third-order valence-corrected chi connectivity index (χ3v) is 5.94. The maximum Gasteiger partial charge on any atom is 0.272 e. The number of rotatable bonds is 4. The first kappa shape index (κ1) is 19.6. The number of carbonyl (C=O) groups is 1. The van der Waals surface area contributed by atoms with Gasteiger partial charge in [-0.25, -0.2) is 0 Å². The van der Waals surface area contributed by atoms with Crippen molar-refractivity contribution in [1.29, 1.82) is 0 Å². The fourth-order valence-electron chi connectivity index (χ4n) is 4.22. The van der Waals surface area contributed by atoms with Gasteiger partial charge in [0, 0.05) is 43.3 Å². The maximum absolute atomic E-state index is 12.6. The number of fused-ring (bicyclic) bond motifs is 1. The standard InChI is InChI=1S/C24H29N3O2/c1-4-27(5-2)23(28)21-8-7-18(16-26-21)20-15-24(10-12-25-13-11-24)29-22-9-6-17(3)14-19(20)22/h6-9,14-16,25H,4-5,10-13H2,1-3H3. The number of benzene rings is 1. The van der Waals surface area contributed by atoms with E-state index in [9.17, 15) is 4.79 Å². The highest BCUT2D eigenvalue weighted by Crippen LogP contribution is 2.42. The van der Waals surface area contributed by atoms with Gasteiger partial charge in [0.15, 0.2) is 0 Å². The van der Waals surface area contributed by atoms with Crippen LogP contribution >= 0.6 is 0 Å². The Hall–Kier alpha value is -2.66. The van der Waals surface area contributed by atoms with Crippen molar-refractivity contribution >= 4 is 11.5 Å². The number of aryl methyl sites for hydroxylation is 1. The number of ether oxygens (including phenoxy) is 1. The lowest BCUT2D eigenvalue weighted by molar-refractivity contribution is 0.0766. The topological polar surface area (TPSA) is 54.5 Å². The summed E-state index contributed by atoms with van der Waals surface area (Å²) in [5.41, 5.74) is 4.67. The largest absolute Gasteiger partial charge is 0.482 e. The number of piperidine rings is 1. The quantitative estimate of drug-likeness (QED) is 0.861.